The first-order chi connectivity index (χ1) is 12.0. The number of fused-ring (bicyclic) bond motifs is 1. The molecule has 2 heterocycles. The zero-order chi connectivity index (χ0) is 17.6. The summed E-state index contributed by atoms with van der Waals surface area (Å²) in [5.41, 5.74) is 0.904. The Labute approximate surface area is 147 Å². The van der Waals surface area contributed by atoms with Crippen molar-refractivity contribution < 1.29 is 9.53 Å². The van der Waals surface area contributed by atoms with Gasteiger partial charge in [0.25, 0.3) is 5.56 Å². The van der Waals surface area contributed by atoms with Crippen LogP contribution in [0.15, 0.2) is 4.79 Å². The average molecular weight is 345 g/mol. The van der Waals surface area contributed by atoms with Crippen molar-refractivity contribution in [3.8, 4) is 0 Å². The molecule has 3 fully saturated rings. The first kappa shape index (κ1) is 16.8. The summed E-state index contributed by atoms with van der Waals surface area (Å²) in [6, 6.07) is 0.209. The average Bonchev–Trinajstić information content (AvgIpc) is 3.19. The third-order valence-corrected chi connectivity index (χ3v) is 6.39. The van der Waals surface area contributed by atoms with Gasteiger partial charge in [-0.25, -0.2) is 4.98 Å². The van der Waals surface area contributed by atoms with Gasteiger partial charge < -0.3 is 15.0 Å². The number of aromatic amines is 1. The molecule has 0 radical (unpaired) electrons. The monoisotopic (exact) mass is 345 g/mol. The van der Waals surface area contributed by atoms with Gasteiger partial charge in [-0.15, -0.1) is 0 Å². The number of carbonyl (C=O) groups excluding carboxylic acids is 1. The quantitative estimate of drug-likeness (QED) is 0.869. The molecule has 1 amide bonds. The van der Waals surface area contributed by atoms with Crippen molar-refractivity contribution >= 4 is 5.91 Å². The highest BCUT2D eigenvalue weighted by Gasteiger charge is 2.56. The highest BCUT2D eigenvalue weighted by molar-refractivity contribution is 5.79. The summed E-state index contributed by atoms with van der Waals surface area (Å²) in [6.45, 7) is 4.35. The van der Waals surface area contributed by atoms with Crippen LogP contribution in [0.3, 0.4) is 0 Å². The standard InChI is InChI=1S/C19H27N3O3/c1-10-14(19(24)21-11(2)20-10)9-15(23)22-17-13-7-8-25-18(13)16(17)12-5-3-4-6-12/h12-13,16-18H,3-9H2,1-2H3,(H,22,23)(H,20,21,24)/t13-,16+,17+,18-/m1/s1. The number of nitrogens with one attached hydrogen (secondary N) is 2. The SMILES string of the molecule is Cc1nc(C)c(CC(=O)N[C@H]2[C@H]3CCO[C@H]3[C@H]2C2CCCC2)c(=O)[nH]1. The number of hydrogen-bond donors (Lipinski definition) is 2. The van der Waals surface area contributed by atoms with Crippen LogP contribution >= 0.6 is 0 Å². The smallest absolute Gasteiger partial charge is 0.254 e. The Bertz CT molecular complexity index is 718. The van der Waals surface area contributed by atoms with E-state index in [4.69, 9.17) is 4.74 Å². The van der Waals surface area contributed by atoms with E-state index < -0.39 is 0 Å². The molecule has 2 N–H and O–H groups in total. The second-order valence-corrected chi connectivity index (χ2v) is 7.90. The van der Waals surface area contributed by atoms with E-state index in [0.717, 1.165) is 13.0 Å². The molecule has 6 heteroatoms. The molecule has 0 unspecified atom stereocenters. The maximum atomic E-state index is 12.6. The first-order valence-corrected chi connectivity index (χ1v) is 9.52. The van der Waals surface area contributed by atoms with Gasteiger partial charge >= 0.3 is 0 Å². The highest BCUT2D eigenvalue weighted by Crippen LogP contribution is 2.51. The molecule has 2 saturated carbocycles. The number of H-pyrrole nitrogens is 1. The van der Waals surface area contributed by atoms with Gasteiger partial charge in [0.1, 0.15) is 5.82 Å². The lowest BCUT2D eigenvalue weighted by Crippen LogP contribution is -2.63. The Kier molecular flexibility index (Phi) is 4.40. The van der Waals surface area contributed by atoms with Crippen LogP contribution in [0.1, 0.15) is 49.2 Å². The molecule has 2 aliphatic carbocycles. The molecule has 4 rings (SSSR count). The van der Waals surface area contributed by atoms with Crippen LogP contribution in [0.2, 0.25) is 0 Å². The van der Waals surface area contributed by atoms with E-state index in [0.29, 0.717) is 40.9 Å². The van der Waals surface area contributed by atoms with Crippen LogP contribution < -0.4 is 10.9 Å². The van der Waals surface area contributed by atoms with Crippen molar-refractivity contribution in [2.75, 3.05) is 6.61 Å². The maximum absolute atomic E-state index is 12.6. The van der Waals surface area contributed by atoms with Crippen molar-refractivity contribution in [3.05, 3.63) is 27.4 Å². The van der Waals surface area contributed by atoms with Gasteiger partial charge in [-0.05, 0) is 26.2 Å². The van der Waals surface area contributed by atoms with Crippen LogP contribution in [-0.4, -0.2) is 34.6 Å². The Balaban J connectivity index is 1.45. The number of aromatic nitrogens is 2. The topological polar surface area (TPSA) is 84.1 Å². The van der Waals surface area contributed by atoms with E-state index in [-0.39, 0.29) is 23.9 Å². The van der Waals surface area contributed by atoms with E-state index in [1.54, 1.807) is 13.8 Å². The van der Waals surface area contributed by atoms with Crippen molar-refractivity contribution in [1.82, 2.24) is 15.3 Å². The number of ether oxygens (including phenoxy) is 1. The molecule has 1 aromatic rings. The molecule has 0 bridgehead atoms. The molecular formula is C19H27N3O3. The first-order valence-electron chi connectivity index (χ1n) is 9.52. The van der Waals surface area contributed by atoms with Gasteiger partial charge in [0.15, 0.2) is 0 Å². The molecule has 0 aromatic carbocycles. The molecule has 4 atom stereocenters. The maximum Gasteiger partial charge on any atom is 0.254 e. The number of nitrogens with zero attached hydrogens (tertiary/aromatic N) is 1. The Morgan fingerprint density at radius 2 is 2.04 bits per heavy atom. The number of hydrogen-bond acceptors (Lipinski definition) is 4. The zero-order valence-corrected chi connectivity index (χ0v) is 15.0. The van der Waals surface area contributed by atoms with Crippen LogP contribution in [0.4, 0.5) is 0 Å². The van der Waals surface area contributed by atoms with Crippen LogP contribution in [0.25, 0.3) is 0 Å². The normalized spacial score (nSPS) is 31.6. The number of amides is 1. The Morgan fingerprint density at radius 3 is 2.76 bits per heavy atom. The summed E-state index contributed by atoms with van der Waals surface area (Å²) < 4.78 is 5.94. The zero-order valence-electron chi connectivity index (χ0n) is 15.0. The third-order valence-electron chi connectivity index (χ3n) is 6.39. The lowest BCUT2D eigenvalue weighted by molar-refractivity contribution is -0.129. The fourth-order valence-electron chi connectivity index (χ4n) is 5.22. The molecule has 136 valence electrons. The second-order valence-electron chi connectivity index (χ2n) is 7.90. The van der Waals surface area contributed by atoms with Gasteiger partial charge in [-0.1, -0.05) is 25.7 Å². The summed E-state index contributed by atoms with van der Waals surface area (Å²) in [5, 5.41) is 3.23. The fourth-order valence-corrected chi connectivity index (χ4v) is 5.22. The number of carbonyl (C=O) groups is 1. The van der Waals surface area contributed by atoms with Crippen molar-refractivity contribution in [2.24, 2.45) is 17.8 Å². The summed E-state index contributed by atoms with van der Waals surface area (Å²) in [6.07, 6.45) is 6.56. The van der Waals surface area contributed by atoms with Gasteiger partial charge in [0.05, 0.1) is 12.5 Å². The van der Waals surface area contributed by atoms with E-state index in [2.05, 4.69) is 15.3 Å². The fraction of sp³-hybridized carbons (Fsp3) is 0.737. The Morgan fingerprint density at radius 1 is 1.28 bits per heavy atom. The molecule has 1 aliphatic heterocycles. The van der Waals surface area contributed by atoms with Crippen molar-refractivity contribution in [1.29, 1.82) is 0 Å². The van der Waals surface area contributed by atoms with Crippen molar-refractivity contribution in [2.45, 2.75) is 64.5 Å². The van der Waals surface area contributed by atoms with E-state index in [9.17, 15) is 9.59 Å². The molecule has 6 nitrogen and oxygen atoms in total. The summed E-state index contributed by atoms with van der Waals surface area (Å²) in [7, 11) is 0. The molecule has 25 heavy (non-hydrogen) atoms. The predicted octanol–water partition coefficient (Wildman–Crippen LogP) is 1.64. The second kappa shape index (κ2) is 6.56. The largest absolute Gasteiger partial charge is 0.377 e. The van der Waals surface area contributed by atoms with Crippen LogP contribution in [-0.2, 0) is 16.0 Å². The molecule has 1 saturated heterocycles. The summed E-state index contributed by atoms with van der Waals surface area (Å²) in [5.74, 6) is 2.09. The van der Waals surface area contributed by atoms with Gasteiger partial charge in [-0.2, -0.15) is 0 Å². The molecule has 0 spiro atoms. The van der Waals surface area contributed by atoms with Gasteiger partial charge in [0.2, 0.25) is 5.91 Å². The van der Waals surface area contributed by atoms with E-state index in [1.165, 1.54) is 25.7 Å². The van der Waals surface area contributed by atoms with Gasteiger partial charge in [-0.3, -0.25) is 9.59 Å². The Hall–Kier alpha value is -1.69. The minimum Gasteiger partial charge on any atom is -0.377 e. The van der Waals surface area contributed by atoms with E-state index >= 15 is 0 Å². The summed E-state index contributed by atoms with van der Waals surface area (Å²) in [4.78, 5) is 31.7. The number of rotatable bonds is 4. The third kappa shape index (κ3) is 3.01. The molecular weight excluding hydrogens is 318 g/mol. The number of aryl methyl sites for hydroxylation is 2. The summed E-state index contributed by atoms with van der Waals surface area (Å²) >= 11 is 0. The van der Waals surface area contributed by atoms with E-state index in [1.807, 2.05) is 0 Å². The predicted molar refractivity (Wildman–Crippen MR) is 93.3 cm³/mol. The highest BCUT2D eigenvalue weighted by atomic mass is 16.5. The van der Waals surface area contributed by atoms with Crippen LogP contribution in [0, 0.1) is 31.6 Å². The van der Waals surface area contributed by atoms with Crippen molar-refractivity contribution in [3.63, 3.8) is 0 Å². The molecule has 3 aliphatic rings. The van der Waals surface area contributed by atoms with Gasteiger partial charge in [0, 0.05) is 35.7 Å². The minimum absolute atomic E-state index is 0.0717. The lowest BCUT2D eigenvalue weighted by Gasteiger charge is -2.50. The minimum atomic E-state index is -0.205. The molecule has 1 aromatic heterocycles. The van der Waals surface area contributed by atoms with Crippen LogP contribution in [0.5, 0.6) is 0 Å². The lowest BCUT2D eigenvalue weighted by atomic mass is 9.61.